The molecule has 0 radical (unpaired) electrons. The standard InChI is InChI=1S/C21H24BrNO5S/c1-13(2)27-20-11-17-14(3)21(15-5-7-16(22)8-6-15)28-19(17)12-18(20)23(9-10-24)29(4,25)26/h5-8,11-13,24H,9-10H2,1-4H3. The maximum atomic E-state index is 12.3. The third kappa shape index (κ3) is 4.60. The van der Waals surface area contributed by atoms with Crippen LogP contribution in [0.5, 0.6) is 5.75 Å². The molecular formula is C21H24BrNO5S. The highest BCUT2D eigenvalue weighted by atomic mass is 79.9. The zero-order valence-electron chi connectivity index (χ0n) is 16.8. The van der Waals surface area contributed by atoms with Gasteiger partial charge >= 0.3 is 0 Å². The van der Waals surface area contributed by atoms with Crippen molar-refractivity contribution in [3.63, 3.8) is 0 Å². The molecule has 2 aromatic carbocycles. The Kier molecular flexibility index (Phi) is 6.26. The van der Waals surface area contributed by atoms with E-state index in [2.05, 4.69) is 15.9 Å². The molecule has 1 aromatic heterocycles. The summed E-state index contributed by atoms with van der Waals surface area (Å²) in [5.41, 5.74) is 2.76. The van der Waals surface area contributed by atoms with Crippen LogP contribution in [0, 0.1) is 6.92 Å². The van der Waals surface area contributed by atoms with Crippen molar-refractivity contribution in [2.45, 2.75) is 26.9 Å². The lowest BCUT2D eigenvalue weighted by Crippen LogP contribution is -2.33. The summed E-state index contributed by atoms with van der Waals surface area (Å²) in [7, 11) is -3.62. The summed E-state index contributed by atoms with van der Waals surface area (Å²) in [6, 6.07) is 11.3. The summed E-state index contributed by atoms with van der Waals surface area (Å²) in [4.78, 5) is 0. The Hall–Kier alpha value is -2.03. The third-order valence-electron chi connectivity index (χ3n) is 4.46. The zero-order chi connectivity index (χ0) is 21.3. The van der Waals surface area contributed by atoms with Crippen LogP contribution in [-0.2, 0) is 10.0 Å². The van der Waals surface area contributed by atoms with Gasteiger partial charge in [-0.15, -0.1) is 0 Å². The number of nitrogens with zero attached hydrogens (tertiary/aromatic N) is 1. The minimum atomic E-state index is -3.62. The smallest absolute Gasteiger partial charge is 0.232 e. The Morgan fingerprint density at radius 3 is 2.41 bits per heavy atom. The monoisotopic (exact) mass is 481 g/mol. The van der Waals surface area contributed by atoms with Crippen LogP contribution in [0.25, 0.3) is 22.3 Å². The second-order valence-corrected chi connectivity index (χ2v) is 9.93. The largest absolute Gasteiger partial charge is 0.489 e. The van der Waals surface area contributed by atoms with Crippen LogP contribution in [0.15, 0.2) is 45.3 Å². The lowest BCUT2D eigenvalue weighted by atomic mass is 10.1. The average Bonchev–Trinajstić information content (AvgIpc) is 2.94. The van der Waals surface area contributed by atoms with Gasteiger partial charge < -0.3 is 14.3 Å². The van der Waals surface area contributed by atoms with Gasteiger partial charge in [0.05, 0.1) is 31.2 Å². The van der Waals surface area contributed by atoms with E-state index >= 15 is 0 Å². The van der Waals surface area contributed by atoms with E-state index in [1.807, 2.05) is 45.0 Å². The van der Waals surface area contributed by atoms with Crippen LogP contribution in [0.4, 0.5) is 5.69 Å². The molecule has 0 amide bonds. The van der Waals surface area contributed by atoms with Gasteiger partial charge in [-0.2, -0.15) is 0 Å². The summed E-state index contributed by atoms with van der Waals surface area (Å²) in [6.45, 7) is 5.33. The molecule has 6 nitrogen and oxygen atoms in total. The maximum Gasteiger partial charge on any atom is 0.232 e. The van der Waals surface area contributed by atoms with Crippen molar-refractivity contribution in [2.75, 3.05) is 23.7 Å². The molecule has 29 heavy (non-hydrogen) atoms. The molecule has 0 saturated heterocycles. The van der Waals surface area contributed by atoms with Gasteiger partial charge in [-0.25, -0.2) is 8.42 Å². The third-order valence-corrected chi connectivity index (χ3v) is 6.17. The van der Waals surface area contributed by atoms with Gasteiger partial charge in [0.15, 0.2) is 0 Å². The molecule has 0 aliphatic carbocycles. The average molecular weight is 482 g/mol. The first kappa shape index (κ1) is 21.7. The molecule has 0 unspecified atom stereocenters. The summed E-state index contributed by atoms with van der Waals surface area (Å²) in [6.07, 6.45) is 0.951. The van der Waals surface area contributed by atoms with Crippen molar-refractivity contribution >= 4 is 42.6 Å². The number of benzene rings is 2. The zero-order valence-corrected chi connectivity index (χ0v) is 19.2. The molecule has 0 bridgehead atoms. The van der Waals surface area contributed by atoms with Crippen molar-refractivity contribution in [1.29, 1.82) is 0 Å². The van der Waals surface area contributed by atoms with Gasteiger partial charge in [0, 0.05) is 27.1 Å². The minimum absolute atomic E-state index is 0.0714. The molecule has 0 atom stereocenters. The van der Waals surface area contributed by atoms with E-state index in [1.165, 1.54) is 0 Å². The van der Waals surface area contributed by atoms with E-state index in [0.29, 0.717) is 22.8 Å². The first-order valence-electron chi connectivity index (χ1n) is 9.20. The molecule has 1 N–H and O–H groups in total. The molecular weight excluding hydrogens is 458 g/mol. The molecule has 1 heterocycles. The summed E-state index contributed by atoms with van der Waals surface area (Å²) in [5, 5.41) is 10.2. The Balaban J connectivity index is 2.24. The van der Waals surface area contributed by atoms with Gasteiger partial charge in [-0.05, 0) is 39.0 Å². The van der Waals surface area contributed by atoms with E-state index in [0.717, 1.165) is 31.5 Å². The Labute approximate surface area is 179 Å². The van der Waals surface area contributed by atoms with Crippen molar-refractivity contribution in [1.82, 2.24) is 0 Å². The summed E-state index contributed by atoms with van der Waals surface area (Å²) >= 11 is 3.43. The molecule has 3 aromatic rings. The van der Waals surface area contributed by atoms with E-state index in [9.17, 15) is 13.5 Å². The number of furan rings is 1. The SMILES string of the molecule is Cc1c(-c2ccc(Br)cc2)oc2cc(N(CCO)S(C)(=O)=O)c(OC(C)C)cc12. The number of fused-ring (bicyclic) bond motifs is 1. The number of ether oxygens (including phenoxy) is 1. The molecule has 0 saturated carbocycles. The normalized spacial score (nSPS) is 12.0. The number of rotatable bonds is 7. The van der Waals surface area contributed by atoms with E-state index in [-0.39, 0.29) is 19.3 Å². The molecule has 3 rings (SSSR count). The quantitative estimate of drug-likeness (QED) is 0.528. The highest BCUT2D eigenvalue weighted by Crippen LogP contribution is 2.41. The molecule has 0 aliphatic heterocycles. The topological polar surface area (TPSA) is 80.0 Å². The second-order valence-electron chi connectivity index (χ2n) is 7.10. The molecule has 0 aliphatic rings. The van der Waals surface area contributed by atoms with Crippen LogP contribution < -0.4 is 9.04 Å². The predicted molar refractivity (Wildman–Crippen MR) is 119 cm³/mol. The van der Waals surface area contributed by atoms with Crippen molar-refractivity contribution in [3.8, 4) is 17.1 Å². The Morgan fingerprint density at radius 2 is 1.86 bits per heavy atom. The van der Waals surface area contributed by atoms with Gasteiger partial charge in [-0.1, -0.05) is 28.1 Å². The lowest BCUT2D eigenvalue weighted by molar-refractivity contribution is 0.243. The van der Waals surface area contributed by atoms with Gasteiger partial charge in [0.1, 0.15) is 17.1 Å². The van der Waals surface area contributed by atoms with Crippen LogP contribution in [0.3, 0.4) is 0 Å². The van der Waals surface area contributed by atoms with Crippen molar-refractivity contribution in [2.24, 2.45) is 0 Å². The van der Waals surface area contributed by atoms with Crippen LogP contribution in [0.2, 0.25) is 0 Å². The number of hydrogen-bond acceptors (Lipinski definition) is 5. The Bertz CT molecular complexity index is 1120. The summed E-state index contributed by atoms with van der Waals surface area (Å²) in [5.74, 6) is 1.14. The fourth-order valence-electron chi connectivity index (χ4n) is 3.21. The fraction of sp³-hybridized carbons (Fsp3) is 0.333. The first-order chi connectivity index (χ1) is 13.6. The summed E-state index contributed by atoms with van der Waals surface area (Å²) < 4.78 is 38.8. The number of sulfonamides is 1. The van der Waals surface area contributed by atoms with Crippen LogP contribution >= 0.6 is 15.9 Å². The molecule has 8 heteroatoms. The fourth-order valence-corrected chi connectivity index (χ4v) is 4.39. The number of aryl methyl sites for hydroxylation is 1. The van der Waals surface area contributed by atoms with Crippen LogP contribution in [-0.4, -0.2) is 39.0 Å². The second kappa shape index (κ2) is 8.38. The minimum Gasteiger partial charge on any atom is -0.489 e. The lowest BCUT2D eigenvalue weighted by Gasteiger charge is -2.25. The molecule has 0 spiro atoms. The van der Waals surface area contributed by atoms with Crippen molar-refractivity contribution < 1.29 is 22.7 Å². The number of hydrogen-bond donors (Lipinski definition) is 1. The molecule has 156 valence electrons. The Morgan fingerprint density at radius 1 is 1.21 bits per heavy atom. The van der Waals surface area contributed by atoms with E-state index in [4.69, 9.17) is 9.15 Å². The van der Waals surface area contributed by atoms with E-state index in [1.54, 1.807) is 12.1 Å². The highest BCUT2D eigenvalue weighted by Gasteiger charge is 2.24. The van der Waals surface area contributed by atoms with Crippen LogP contribution in [0.1, 0.15) is 19.4 Å². The number of aliphatic hydroxyl groups excluding tert-OH is 1. The van der Waals surface area contributed by atoms with Gasteiger partial charge in [-0.3, -0.25) is 4.31 Å². The van der Waals surface area contributed by atoms with E-state index < -0.39 is 10.0 Å². The number of halogens is 1. The highest BCUT2D eigenvalue weighted by molar-refractivity contribution is 9.10. The van der Waals surface area contributed by atoms with Gasteiger partial charge in [0.25, 0.3) is 0 Å². The first-order valence-corrected chi connectivity index (χ1v) is 11.8. The predicted octanol–water partition coefficient (Wildman–Crippen LogP) is 4.72. The maximum absolute atomic E-state index is 12.3. The number of aliphatic hydroxyl groups is 1. The number of anilines is 1. The molecule has 0 fully saturated rings. The van der Waals surface area contributed by atoms with Gasteiger partial charge in [0.2, 0.25) is 10.0 Å². The van der Waals surface area contributed by atoms with Crippen molar-refractivity contribution in [3.05, 3.63) is 46.4 Å².